The van der Waals surface area contributed by atoms with Gasteiger partial charge in [-0.1, -0.05) is 32.0 Å². The van der Waals surface area contributed by atoms with Gasteiger partial charge in [0, 0.05) is 24.3 Å². The molecule has 0 spiro atoms. The van der Waals surface area contributed by atoms with Crippen LogP contribution in [-0.2, 0) is 6.54 Å². The number of methoxy groups -OCH3 is 1. The van der Waals surface area contributed by atoms with Crippen molar-refractivity contribution in [1.29, 1.82) is 0 Å². The highest BCUT2D eigenvalue weighted by atomic mass is 16.5. The Bertz CT molecular complexity index is 579. The van der Waals surface area contributed by atoms with Crippen molar-refractivity contribution in [2.75, 3.05) is 7.11 Å². The van der Waals surface area contributed by atoms with Gasteiger partial charge < -0.3 is 10.1 Å². The van der Waals surface area contributed by atoms with E-state index in [1.807, 2.05) is 12.1 Å². The van der Waals surface area contributed by atoms with E-state index < -0.39 is 0 Å². The van der Waals surface area contributed by atoms with Crippen LogP contribution >= 0.6 is 0 Å². The zero-order valence-electron chi connectivity index (χ0n) is 12.6. The largest absolute Gasteiger partial charge is 0.494 e. The average Bonchev–Trinajstić information content (AvgIpc) is 2.45. The van der Waals surface area contributed by atoms with Crippen molar-refractivity contribution in [2.24, 2.45) is 0 Å². The van der Waals surface area contributed by atoms with Crippen LogP contribution in [0, 0.1) is 6.92 Å². The van der Waals surface area contributed by atoms with Gasteiger partial charge in [0.1, 0.15) is 11.4 Å². The summed E-state index contributed by atoms with van der Waals surface area (Å²) >= 11 is 0. The first-order valence-electron chi connectivity index (χ1n) is 6.94. The Morgan fingerprint density at radius 2 is 2.05 bits per heavy atom. The van der Waals surface area contributed by atoms with Gasteiger partial charge in [-0.2, -0.15) is 0 Å². The molecule has 1 heterocycles. The second kappa shape index (κ2) is 6.53. The molecule has 1 N–H and O–H groups in total. The van der Waals surface area contributed by atoms with Gasteiger partial charge in [0.25, 0.3) is 0 Å². The lowest BCUT2D eigenvalue weighted by atomic mass is 10.0. The maximum Gasteiger partial charge on any atom is 0.145 e. The number of benzene rings is 1. The Morgan fingerprint density at radius 1 is 1.25 bits per heavy atom. The average molecular weight is 270 g/mol. The quantitative estimate of drug-likeness (QED) is 0.902. The number of rotatable bonds is 5. The summed E-state index contributed by atoms with van der Waals surface area (Å²) in [6.07, 6.45) is 1.80. The van der Waals surface area contributed by atoms with E-state index in [2.05, 4.69) is 49.3 Å². The van der Waals surface area contributed by atoms with Gasteiger partial charge in [-0.3, -0.25) is 4.98 Å². The Morgan fingerprint density at radius 3 is 2.70 bits per heavy atom. The fourth-order valence-electron chi connectivity index (χ4n) is 2.18. The van der Waals surface area contributed by atoms with Crippen LogP contribution < -0.4 is 10.1 Å². The molecule has 2 aromatic rings. The van der Waals surface area contributed by atoms with Crippen molar-refractivity contribution < 1.29 is 4.74 Å². The van der Waals surface area contributed by atoms with Gasteiger partial charge in [-0.15, -0.1) is 0 Å². The van der Waals surface area contributed by atoms with E-state index >= 15 is 0 Å². The van der Waals surface area contributed by atoms with E-state index in [0.717, 1.165) is 23.6 Å². The SMILES string of the molecule is COc1cccnc1-c1ccc(CNC(C)C)cc1C. The smallest absolute Gasteiger partial charge is 0.145 e. The standard InChI is InChI=1S/C17H22N2O/c1-12(2)19-11-14-7-8-15(13(3)10-14)17-16(20-4)6-5-9-18-17/h5-10,12,19H,11H2,1-4H3. The predicted molar refractivity (Wildman–Crippen MR) is 82.9 cm³/mol. The highest BCUT2D eigenvalue weighted by Crippen LogP contribution is 2.30. The molecule has 0 radical (unpaired) electrons. The molecule has 0 saturated carbocycles. The van der Waals surface area contributed by atoms with E-state index in [9.17, 15) is 0 Å². The number of hydrogen-bond donors (Lipinski definition) is 1. The summed E-state index contributed by atoms with van der Waals surface area (Å²) in [6, 6.07) is 10.8. The normalized spacial score (nSPS) is 10.8. The maximum atomic E-state index is 5.39. The van der Waals surface area contributed by atoms with Crippen molar-refractivity contribution in [2.45, 2.75) is 33.4 Å². The summed E-state index contributed by atoms with van der Waals surface area (Å²) in [5, 5.41) is 3.43. The number of aryl methyl sites for hydroxylation is 1. The van der Waals surface area contributed by atoms with Crippen LogP contribution in [0.15, 0.2) is 36.5 Å². The third-order valence-corrected chi connectivity index (χ3v) is 3.25. The van der Waals surface area contributed by atoms with Gasteiger partial charge in [-0.25, -0.2) is 0 Å². The van der Waals surface area contributed by atoms with E-state index in [1.54, 1.807) is 13.3 Å². The minimum Gasteiger partial charge on any atom is -0.494 e. The van der Waals surface area contributed by atoms with Crippen molar-refractivity contribution >= 4 is 0 Å². The van der Waals surface area contributed by atoms with Gasteiger partial charge in [-0.05, 0) is 30.2 Å². The molecular weight excluding hydrogens is 248 g/mol. The van der Waals surface area contributed by atoms with Crippen molar-refractivity contribution in [1.82, 2.24) is 10.3 Å². The molecule has 2 rings (SSSR count). The topological polar surface area (TPSA) is 34.1 Å². The second-order valence-corrected chi connectivity index (χ2v) is 5.24. The lowest BCUT2D eigenvalue weighted by molar-refractivity contribution is 0.415. The lowest BCUT2D eigenvalue weighted by Crippen LogP contribution is -2.21. The van der Waals surface area contributed by atoms with Crippen LogP contribution in [-0.4, -0.2) is 18.1 Å². The Hall–Kier alpha value is -1.87. The van der Waals surface area contributed by atoms with Crippen LogP contribution in [0.5, 0.6) is 5.75 Å². The van der Waals surface area contributed by atoms with Crippen LogP contribution in [0.2, 0.25) is 0 Å². The zero-order valence-corrected chi connectivity index (χ0v) is 12.6. The summed E-state index contributed by atoms with van der Waals surface area (Å²) in [7, 11) is 1.68. The molecule has 1 aromatic carbocycles. The van der Waals surface area contributed by atoms with Crippen LogP contribution in [0.3, 0.4) is 0 Å². The predicted octanol–water partition coefficient (Wildman–Crippen LogP) is 3.56. The van der Waals surface area contributed by atoms with Crippen molar-refractivity contribution in [3.05, 3.63) is 47.7 Å². The number of ether oxygens (including phenoxy) is 1. The molecule has 1 aromatic heterocycles. The fourth-order valence-corrected chi connectivity index (χ4v) is 2.18. The molecular formula is C17H22N2O. The molecule has 3 nitrogen and oxygen atoms in total. The minimum atomic E-state index is 0.492. The molecule has 3 heteroatoms. The third-order valence-electron chi connectivity index (χ3n) is 3.25. The molecule has 0 bridgehead atoms. The molecule has 0 amide bonds. The first-order chi connectivity index (χ1) is 9.61. The number of pyridine rings is 1. The summed E-state index contributed by atoms with van der Waals surface area (Å²) < 4.78 is 5.39. The summed E-state index contributed by atoms with van der Waals surface area (Å²) in [5.41, 5.74) is 4.52. The Balaban J connectivity index is 2.30. The zero-order chi connectivity index (χ0) is 14.5. The molecule has 0 fully saturated rings. The number of nitrogens with zero attached hydrogens (tertiary/aromatic N) is 1. The van der Waals surface area contributed by atoms with Crippen molar-refractivity contribution in [3.8, 4) is 17.0 Å². The third kappa shape index (κ3) is 3.36. The number of aromatic nitrogens is 1. The highest BCUT2D eigenvalue weighted by molar-refractivity contribution is 5.69. The fraction of sp³-hybridized carbons (Fsp3) is 0.353. The monoisotopic (exact) mass is 270 g/mol. The minimum absolute atomic E-state index is 0.492. The van der Waals surface area contributed by atoms with Crippen molar-refractivity contribution in [3.63, 3.8) is 0 Å². The maximum absolute atomic E-state index is 5.39. The molecule has 0 atom stereocenters. The van der Waals surface area contributed by atoms with E-state index in [0.29, 0.717) is 6.04 Å². The molecule has 0 unspecified atom stereocenters. The molecule has 0 aliphatic heterocycles. The highest BCUT2D eigenvalue weighted by Gasteiger charge is 2.09. The number of hydrogen-bond acceptors (Lipinski definition) is 3. The summed E-state index contributed by atoms with van der Waals surface area (Å²) in [6.45, 7) is 7.31. The van der Waals surface area contributed by atoms with Crippen LogP contribution in [0.25, 0.3) is 11.3 Å². The molecule has 106 valence electrons. The summed E-state index contributed by atoms with van der Waals surface area (Å²) in [5.74, 6) is 0.809. The molecule has 20 heavy (non-hydrogen) atoms. The Labute approximate surface area is 121 Å². The van der Waals surface area contributed by atoms with E-state index in [4.69, 9.17) is 4.74 Å². The van der Waals surface area contributed by atoms with Gasteiger partial charge in [0.05, 0.1) is 7.11 Å². The van der Waals surface area contributed by atoms with Gasteiger partial charge in [0.2, 0.25) is 0 Å². The van der Waals surface area contributed by atoms with E-state index in [1.165, 1.54) is 11.1 Å². The summed E-state index contributed by atoms with van der Waals surface area (Å²) in [4.78, 5) is 4.44. The Kier molecular flexibility index (Phi) is 4.74. The first-order valence-corrected chi connectivity index (χ1v) is 6.94. The van der Waals surface area contributed by atoms with Crippen LogP contribution in [0.1, 0.15) is 25.0 Å². The second-order valence-electron chi connectivity index (χ2n) is 5.24. The molecule has 0 saturated heterocycles. The van der Waals surface area contributed by atoms with E-state index in [-0.39, 0.29) is 0 Å². The van der Waals surface area contributed by atoms with Gasteiger partial charge in [0.15, 0.2) is 0 Å². The first kappa shape index (κ1) is 14.5. The number of nitrogens with one attached hydrogen (secondary N) is 1. The molecule has 0 aliphatic carbocycles. The van der Waals surface area contributed by atoms with Crippen LogP contribution in [0.4, 0.5) is 0 Å². The van der Waals surface area contributed by atoms with Gasteiger partial charge >= 0.3 is 0 Å². The molecule has 0 aliphatic rings. The lowest BCUT2D eigenvalue weighted by Gasteiger charge is -2.12.